The quantitative estimate of drug-likeness (QED) is 0.784. The number of pyridine rings is 2. The summed E-state index contributed by atoms with van der Waals surface area (Å²) >= 11 is 0. The maximum Gasteiger partial charge on any atom is 0.270 e. The number of amides is 1. The molecule has 0 aliphatic rings. The maximum atomic E-state index is 12.4. The zero-order chi connectivity index (χ0) is 15.7. The van der Waals surface area contributed by atoms with Crippen molar-refractivity contribution in [1.82, 2.24) is 14.4 Å². The summed E-state index contributed by atoms with van der Waals surface area (Å²) in [5.41, 5.74) is 1.97. The molecular formula is C16H14N4O2. The Morgan fingerprint density at radius 3 is 2.55 bits per heavy atom. The highest BCUT2D eigenvalue weighted by Crippen LogP contribution is 2.06. The third kappa shape index (κ3) is 2.58. The highest BCUT2D eigenvalue weighted by Gasteiger charge is 2.14. The van der Waals surface area contributed by atoms with Gasteiger partial charge in [0.1, 0.15) is 17.0 Å². The average Bonchev–Trinajstić information content (AvgIpc) is 2.50. The number of carbonyl (C=O) groups excluding carboxylic acids is 1. The van der Waals surface area contributed by atoms with Crippen molar-refractivity contribution >= 4 is 17.4 Å². The van der Waals surface area contributed by atoms with Gasteiger partial charge in [0.15, 0.2) is 0 Å². The summed E-state index contributed by atoms with van der Waals surface area (Å²) in [5, 5.41) is 2.60. The van der Waals surface area contributed by atoms with Crippen LogP contribution >= 0.6 is 0 Å². The van der Waals surface area contributed by atoms with E-state index in [1.165, 1.54) is 10.6 Å². The summed E-state index contributed by atoms with van der Waals surface area (Å²) in [6.45, 7) is 3.77. The Morgan fingerprint density at radius 2 is 1.82 bits per heavy atom. The largest absolute Gasteiger partial charge is 0.306 e. The highest BCUT2D eigenvalue weighted by molar-refractivity contribution is 6.03. The van der Waals surface area contributed by atoms with E-state index in [0.717, 1.165) is 11.1 Å². The molecule has 0 spiro atoms. The van der Waals surface area contributed by atoms with Crippen LogP contribution in [0.15, 0.2) is 47.7 Å². The molecule has 110 valence electrons. The third-order valence-corrected chi connectivity index (χ3v) is 3.25. The second kappa shape index (κ2) is 5.40. The van der Waals surface area contributed by atoms with E-state index in [9.17, 15) is 9.59 Å². The van der Waals surface area contributed by atoms with Crippen LogP contribution in [0.2, 0.25) is 0 Å². The van der Waals surface area contributed by atoms with Crippen LogP contribution in [0.4, 0.5) is 5.82 Å². The van der Waals surface area contributed by atoms with Gasteiger partial charge in [-0.05, 0) is 37.1 Å². The van der Waals surface area contributed by atoms with Gasteiger partial charge in [0.2, 0.25) is 0 Å². The van der Waals surface area contributed by atoms with Crippen molar-refractivity contribution in [3.8, 4) is 0 Å². The van der Waals surface area contributed by atoms with Gasteiger partial charge in [0.25, 0.3) is 11.5 Å². The number of carbonyl (C=O) groups is 1. The molecule has 0 radical (unpaired) electrons. The molecule has 1 amide bonds. The lowest BCUT2D eigenvalue weighted by Gasteiger charge is -2.06. The molecule has 0 atom stereocenters. The van der Waals surface area contributed by atoms with Gasteiger partial charge < -0.3 is 5.32 Å². The van der Waals surface area contributed by atoms with Crippen molar-refractivity contribution in [2.75, 3.05) is 5.32 Å². The summed E-state index contributed by atoms with van der Waals surface area (Å²) < 4.78 is 1.37. The van der Waals surface area contributed by atoms with Crippen LogP contribution in [0, 0.1) is 13.8 Å². The van der Waals surface area contributed by atoms with Crippen LogP contribution in [0.25, 0.3) is 5.65 Å². The van der Waals surface area contributed by atoms with E-state index in [-0.39, 0.29) is 5.56 Å². The van der Waals surface area contributed by atoms with Crippen molar-refractivity contribution in [1.29, 1.82) is 0 Å². The lowest BCUT2D eigenvalue weighted by atomic mass is 10.2. The van der Waals surface area contributed by atoms with E-state index in [2.05, 4.69) is 15.3 Å². The van der Waals surface area contributed by atoms with Crippen LogP contribution < -0.4 is 10.9 Å². The standard InChI is InChI=1S/C16H14N4O2/c1-10-3-5-13(17-7-10)19-15(21)12-8-18-14-6-4-11(2)9-20(14)16(12)22/h3-9H,1-2H3,(H,17,19,21). The monoisotopic (exact) mass is 294 g/mol. The molecule has 1 N–H and O–H groups in total. The summed E-state index contributed by atoms with van der Waals surface area (Å²) in [4.78, 5) is 32.9. The first-order valence-electron chi connectivity index (χ1n) is 6.76. The molecule has 0 aliphatic carbocycles. The van der Waals surface area contributed by atoms with Gasteiger partial charge in [-0.2, -0.15) is 0 Å². The van der Waals surface area contributed by atoms with Crippen LogP contribution in [-0.4, -0.2) is 20.3 Å². The average molecular weight is 294 g/mol. The number of hydrogen-bond donors (Lipinski definition) is 1. The van der Waals surface area contributed by atoms with Gasteiger partial charge >= 0.3 is 0 Å². The Bertz CT molecular complexity index is 914. The molecule has 0 bridgehead atoms. The minimum Gasteiger partial charge on any atom is -0.306 e. The van der Waals surface area contributed by atoms with Gasteiger partial charge in [-0.1, -0.05) is 12.1 Å². The molecule has 3 heterocycles. The Balaban J connectivity index is 1.99. The predicted molar refractivity (Wildman–Crippen MR) is 83.1 cm³/mol. The molecule has 3 rings (SSSR count). The van der Waals surface area contributed by atoms with Gasteiger partial charge in [0.05, 0.1) is 0 Å². The van der Waals surface area contributed by atoms with Gasteiger partial charge in [0, 0.05) is 18.6 Å². The van der Waals surface area contributed by atoms with Crippen molar-refractivity contribution < 1.29 is 4.79 Å². The van der Waals surface area contributed by atoms with E-state index in [1.807, 2.05) is 26.0 Å². The molecule has 0 aliphatic heterocycles. The molecule has 0 saturated carbocycles. The second-order valence-electron chi connectivity index (χ2n) is 5.09. The van der Waals surface area contributed by atoms with Crippen molar-refractivity contribution in [2.45, 2.75) is 13.8 Å². The molecular weight excluding hydrogens is 280 g/mol. The fourth-order valence-corrected chi connectivity index (χ4v) is 2.06. The predicted octanol–water partition coefficient (Wildman–Crippen LogP) is 1.96. The lowest BCUT2D eigenvalue weighted by molar-refractivity contribution is 0.102. The first-order chi connectivity index (χ1) is 10.5. The van der Waals surface area contributed by atoms with E-state index >= 15 is 0 Å². The number of hydrogen-bond acceptors (Lipinski definition) is 4. The molecule has 0 fully saturated rings. The van der Waals surface area contributed by atoms with Crippen LogP contribution in [0.5, 0.6) is 0 Å². The van der Waals surface area contributed by atoms with E-state index in [4.69, 9.17) is 0 Å². The Hall–Kier alpha value is -3.02. The lowest BCUT2D eigenvalue weighted by Crippen LogP contribution is -2.27. The number of aromatic nitrogens is 3. The topological polar surface area (TPSA) is 76.4 Å². The highest BCUT2D eigenvalue weighted by atomic mass is 16.2. The second-order valence-corrected chi connectivity index (χ2v) is 5.09. The Morgan fingerprint density at radius 1 is 1.05 bits per heavy atom. The molecule has 0 saturated heterocycles. The number of rotatable bonds is 2. The van der Waals surface area contributed by atoms with Gasteiger partial charge in [-0.25, -0.2) is 9.97 Å². The van der Waals surface area contributed by atoms with Crippen LogP contribution in [-0.2, 0) is 0 Å². The number of anilines is 1. The van der Waals surface area contributed by atoms with Gasteiger partial charge in [-0.3, -0.25) is 14.0 Å². The first kappa shape index (κ1) is 13.9. The van der Waals surface area contributed by atoms with Crippen LogP contribution in [0.1, 0.15) is 21.5 Å². The molecule has 0 aromatic carbocycles. The number of fused-ring (bicyclic) bond motifs is 1. The zero-order valence-electron chi connectivity index (χ0n) is 12.2. The summed E-state index contributed by atoms with van der Waals surface area (Å²) in [6, 6.07) is 7.11. The Kier molecular flexibility index (Phi) is 3.42. The summed E-state index contributed by atoms with van der Waals surface area (Å²) in [6.07, 6.45) is 4.59. The third-order valence-electron chi connectivity index (χ3n) is 3.25. The number of nitrogens with zero attached hydrogens (tertiary/aromatic N) is 3. The SMILES string of the molecule is Cc1ccc(NC(=O)c2cnc3ccc(C)cn3c2=O)nc1. The minimum atomic E-state index is -0.523. The smallest absolute Gasteiger partial charge is 0.270 e. The molecule has 22 heavy (non-hydrogen) atoms. The van der Waals surface area contributed by atoms with Crippen molar-refractivity contribution in [3.63, 3.8) is 0 Å². The van der Waals surface area contributed by atoms with E-state index < -0.39 is 11.5 Å². The van der Waals surface area contributed by atoms with Crippen molar-refractivity contribution in [3.05, 3.63) is 69.9 Å². The van der Waals surface area contributed by atoms with Crippen molar-refractivity contribution in [2.24, 2.45) is 0 Å². The molecule has 6 heteroatoms. The molecule has 0 unspecified atom stereocenters. The normalized spacial score (nSPS) is 10.6. The number of nitrogens with one attached hydrogen (secondary N) is 1. The maximum absolute atomic E-state index is 12.4. The summed E-state index contributed by atoms with van der Waals surface area (Å²) in [7, 11) is 0. The van der Waals surface area contributed by atoms with Gasteiger partial charge in [-0.15, -0.1) is 0 Å². The van der Waals surface area contributed by atoms with E-state index in [0.29, 0.717) is 11.5 Å². The van der Waals surface area contributed by atoms with Crippen LogP contribution in [0.3, 0.4) is 0 Å². The summed E-state index contributed by atoms with van der Waals surface area (Å²) in [5.74, 6) is -0.130. The Labute approximate surface area is 126 Å². The molecule has 3 aromatic heterocycles. The first-order valence-corrected chi connectivity index (χ1v) is 6.76. The number of aryl methyl sites for hydroxylation is 2. The fourth-order valence-electron chi connectivity index (χ4n) is 2.06. The minimum absolute atomic E-state index is 0.0227. The zero-order valence-corrected chi connectivity index (χ0v) is 12.2. The fraction of sp³-hybridized carbons (Fsp3) is 0.125. The molecule has 3 aromatic rings. The molecule has 6 nitrogen and oxygen atoms in total. The van der Waals surface area contributed by atoms with E-state index in [1.54, 1.807) is 24.5 Å².